The van der Waals surface area contributed by atoms with E-state index >= 15 is 0 Å². The van der Waals surface area contributed by atoms with Crippen LogP contribution in [0.3, 0.4) is 0 Å². The van der Waals surface area contributed by atoms with Crippen molar-refractivity contribution in [3.63, 3.8) is 0 Å². The van der Waals surface area contributed by atoms with Crippen LogP contribution in [-0.2, 0) is 16.1 Å². The molecule has 0 heterocycles. The molecule has 2 amide bonds. The van der Waals surface area contributed by atoms with Crippen molar-refractivity contribution >= 4 is 58.2 Å². The molecule has 0 aromatic heterocycles. The van der Waals surface area contributed by atoms with E-state index in [4.69, 9.17) is 51.1 Å². The zero-order valence-corrected chi connectivity index (χ0v) is 21.2. The molecule has 0 spiro atoms. The molecule has 0 fully saturated rings. The van der Waals surface area contributed by atoms with E-state index in [-0.39, 0.29) is 30.1 Å². The minimum atomic E-state index is -0.729. The Bertz CT molecular complexity index is 935. The Morgan fingerprint density at radius 3 is 2.22 bits per heavy atom. The molecule has 1 N–H and O–H groups in total. The van der Waals surface area contributed by atoms with Crippen LogP contribution in [0.2, 0.25) is 20.1 Å². The Balaban J connectivity index is 2.30. The summed E-state index contributed by atoms with van der Waals surface area (Å²) in [6, 6.07) is 9.07. The molecule has 9 heteroatoms. The van der Waals surface area contributed by atoms with Crippen molar-refractivity contribution in [3.8, 4) is 5.75 Å². The maximum atomic E-state index is 13.2. The summed E-state index contributed by atoms with van der Waals surface area (Å²) < 4.78 is 5.63. The van der Waals surface area contributed by atoms with Gasteiger partial charge in [-0.3, -0.25) is 9.59 Å². The minimum absolute atomic E-state index is 0.0264. The zero-order valence-electron chi connectivity index (χ0n) is 18.1. The monoisotopic (exact) mass is 518 g/mol. The first-order chi connectivity index (χ1) is 15.2. The number of benzene rings is 2. The minimum Gasteiger partial charge on any atom is -0.482 e. The second-order valence-corrected chi connectivity index (χ2v) is 8.99. The third-order valence-corrected chi connectivity index (χ3v) is 6.26. The summed E-state index contributed by atoms with van der Waals surface area (Å²) in [5, 5.41) is 4.51. The Morgan fingerprint density at radius 2 is 1.66 bits per heavy atom. The third kappa shape index (κ3) is 7.17. The summed E-state index contributed by atoms with van der Waals surface area (Å²) in [4.78, 5) is 27.7. The van der Waals surface area contributed by atoms with Crippen LogP contribution in [0.4, 0.5) is 0 Å². The molecule has 0 saturated carbocycles. The third-order valence-electron chi connectivity index (χ3n) is 5.02. The number of hydrogen-bond donors (Lipinski definition) is 1. The fraction of sp³-hybridized carbons (Fsp3) is 0.391. The lowest BCUT2D eigenvalue weighted by Crippen LogP contribution is -2.51. The molecule has 0 aliphatic carbocycles. The van der Waals surface area contributed by atoms with Crippen molar-refractivity contribution in [2.75, 3.05) is 6.61 Å². The molecule has 2 aromatic carbocycles. The van der Waals surface area contributed by atoms with E-state index in [9.17, 15) is 9.59 Å². The molecule has 0 bridgehead atoms. The van der Waals surface area contributed by atoms with Gasteiger partial charge in [-0.15, -0.1) is 0 Å². The number of rotatable bonds is 10. The molecular formula is C23H26Cl4N2O3. The molecule has 0 radical (unpaired) electrons. The van der Waals surface area contributed by atoms with E-state index in [1.54, 1.807) is 30.3 Å². The summed E-state index contributed by atoms with van der Waals surface area (Å²) in [6.07, 6.45) is 1.17. The fourth-order valence-corrected chi connectivity index (χ4v) is 4.01. The quantitative estimate of drug-likeness (QED) is 0.395. The molecule has 2 aromatic rings. The van der Waals surface area contributed by atoms with Crippen LogP contribution >= 0.6 is 46.4 Å². The molecule has 32 heavy (non-hydrogen) atoms. The Kier molecular flexibility index (Phi) is 10.4. The van der Waals surface area contributed by atoms with Gasteiger partial charge in [-0.25, -0.2) is 0 Å². The van der Waals surface area contributed by atoms with Crippen molar-refractivity contribution in [1.82, 2.24) is 10.2 Å². The molecule has 174 valence electrons. The van der Waals surface area contributed by atoms with Crippen LogP contribution in [0, 0.1) is 0 Å². The van der Waals surface area contributed by atoms with Crippen LogP contribution in [0.15, 0.2) is 36.4 Å². The van der Waals surface area contributed by atoms with Gasteiger partial charge in [-0.2, -0.15) is 0 Å². The summed E-state index contributed by atoms with van der Waals surface area (Å²) in [5.41, 5.74) is 0.559. The molecule has 0 saturated heterocycles. The maximum absolute atomic E-state index is 13.2. The lowest BCUT2D eigenvalue weighted by Gasteiger charge is -2.32. The lowest BCUT2D eigenvalue weighted by molar-refractivity contribution is -0.143. The Hall–Kier alpha value is -1.66. The molecule has 0 unspecified atom stereocenters. The van der Waals surface area contributed by atoms with Crippen molar-refractivity contribution in [2.24, 2.45) is 0 Å². The first kappa shape index (κ1) is 26.6. The van der Waals surface area contributed by atoms with Gasteiger partial charge >= 0.3 is 0 Å². The van der Waals surface area contributed by atoms with E-state index in [2.05, 4.69) is 5.32 Å². The number of hydrogen-bond acceptors (Lipinski definition) is 3. The lowest BCUT2D eigenvalue weighted by atomic mass is 10.1. The van der Waals surface area contributed by atoms with Crippen molar-refractivity contribution in [1.29, 1.82) is 0 Å². The van der Waals surface area contributed by atoms with Gasteiger partial charge in [0, 0.05) is 33.2 Å². The number of nitrogens with one attached hydrogen (secondary N) is 1. The average Bonchev–Trinajstić information content (AvgIpc) is 2.74. The van der Waals surface area contributed by atoms with Crippen LogP contribution in [0.1, 0.15) is 39.2 Å². The van der Waals surface area contributed by atoms with E-state index in [1.807, 2.05) is 20.8 Å². The molecule has 2 rings (SSSR count). The van der Waals surface area contributed by atoms with Gasteiger partial charge in [0.1, 0.15) is 11.8 Å². The standard InChI is InChI=1S/C23H26Cl4N2O3/c1-4-14(3)28-23(31)20(5-2)29(12-16-17(25)7-6-8-18(16)26)22(30)13-32-21-10-9-15(24)11-19(21)27/h6-11,14,20H,4-5,12-13H2,1-3H3,(H,28,31)/t14-,20+/m1/s1. The molecule has 0 aliphatic rings. The van der Waals surface area contributed by atoms with Gasteiger partial charge in [-0.05, 0) is 50.1 Å². The van der Waals surface area contributed by atoms with Crippen LogP contribution in [-0.4, -0.2) is 35.4 Å². The number of carbonyl (C=O) groups is 2. The van der Waals surface area contributed by atoms with E-state index in [0.717, 1.165) is 6.42 Å². The Labute approximate surface area is 208 Å². The fourth-order valence-electron chi connectivity index (χ4n) is 3.03. The molecule has 2 atom stereocenters. The highest BCUT2D eigenvalue weighted by atomic mass is 35.5. The normalized spacial score (nSPS) is 12.7. The topological polar surface area (TPSA) is 58.6 Å². The number of nitrogens with zero attached hydrogens (tertiary/aromatic N) is 1. The number of amides is 2. The SMILES string of the molecule is CC[C@@H](C)NC(=O)[C@H](CC)N(Cc1c(Cl)cccc1Cl)C(=O)COc1ccc(Cl)cc1Cl. The van der Waals surface area contributed by atoms with Gasteiger partial charge in [-0.1, -0.05) is 66.3 Å². The average molecular weight is 520 g/mol. The van der Waals surface area contributed by atoms with E-state index < -0.39 is 11.9 Å². The number of ether oxygens (including phenoxy) is 1. The number of halogens is 4. The first-order valence-electron chi connectivity index (χ1n) is 10.3. The van der Waals surface area contributed by atoms with Crippen LogP contribution in [0.25, 0.3) is 0 Å². The molecule has 0 aliphatic heterocycles. The smallest absolute Gasteiger partial charge is 0.261 e. The predicted octanol–water partition coefficient (Wildman–Crippen LogP) is 6.40. The summed E-state index contributed by atoms with van der Waals surface area (Å²) in [7, 11) is 0. The predicted molar refractivity (Wildman–Crippen MR) is 131 cm³/mol. The maximum Gasteiger partial charge on any atom is 0.261 e. The highest BCUT2D eigenvalue weighted by Gasteiger charge is 2.30. The summed E-state index contributed by atoms with van der Waals surface area (Å²) >= 11 is 24.7. The highest BCUT2D eigenvalue weighted by Crippen LogP contribution is 2.29. The van der Waals surface area contributed by atoms with Gasteiger partial charge in [0.15, 0.2) is 6.61 Å². The van der Waals surface area contributed by atoms with Gasteiger partial charge in [0.2, 0.25) is 5.91 Å². The van der Waals surface area contributed by atoms with Gasteiger partial charge < -0.3 is 15.0 Å². The van der Waals surface area contributed by atoms with E-state index in [0.29, 0.717) is 32.8 Å². The van der Waals surface area contributed by atoms with Crippen LogP contribution < -0.4 is 10.1 Å². The number of carbonyl (C=O) groups excluding carboxylic acids is 2. The molecular weight excluding hydrogens is 494 g/mol. The van der Waals surface area contributed by atoms with Gasteiger partial charge in [0.05, 0.1) is 5.02 Å². The van der Waals surface area contributed by atoms with Gasteiger partial charge in [0.25, 0.3) is 5.91 Å². The second-order valence-electron chi connectivity index (χ2n) is 7.33. The molecule has 5 nitrogen and oxygen atoms in total. The van der Waals surface area contributed by atoms with Crippen LogP contribution in [0.5, 0.6) is 5.75 Å². The van der Waals surface area contributed by atoms with E-state index in [1.165, 1.54) is 11.0 Å². The Morgan fingerprint density at radius 1 is 1.00 bits per heavy atom. The van der Waals surface area contributed by atoms with Crippen molar-refractivity contribution in [2.45, 2.75) is 52.2 Å². The first-order valence-corrected chi connectivity index (χ1v) is 11.8. The van der Waals surface area contributed by atoms with Crippen molar-refractivity contribution in [3.05, 3.63) is 62.1 Å². The largest absolute Gasteiger partial charge is 0.482 e. The summed E-state index contributed by atoms with van der Waals surface area (Å²) in [5.74, 6) is -0.335. The van der Waals surface area contributed by atoms with Crippen molar-refractivity contribution < 1.29 is 14.3 Å². The second kappa shape index (κ2) is 12.5. The zero-order chi connectivity index (χ0) is 23.8. The summed E-state index contributed by atoms with van der Waals surface area (Å²) in [6.45, 7) is 5.46. The highest BCUT2D eigenvalue weighted by molar-refractivity contribution is 6.36.